The molecule has 2 aliphatic heterocycles. The summed E-state index contributed by atoms with van der Waals surface area (Å²) in [6.45, 7) is 2.24. The number of rotatable bonds is 14. The molecule has 72 heavy (non-hydrogen) atoms. The molecule has 4 heterocycles. The Labute approximate surface area is 416 Å². The molecule has 0 radical (unpaired) electrons. The van der Waals surface area contributed by atoms with Crippen LogP contribution in [0.4, 0.5) is 0 Å². The summed E-state index contributed by atoms with van der Waals surface area (Å²) in [5.41, 5.74) is 5.38. The topological polar surface area (TPSA) is 234 Å². The number of aromatic nitrogens is 4. The van der Waals surface area contributed by atoms with Crippen molar-refractivity contribution in [1.29, 1.82) is 0 Å². The van der Waals surface area contributed by atoms with Crippen LogP contribution >= 0.6 is 0 Å². The second kappa shape index (κ2) is 21.7. The molecular weight excluding hydrogens is 917 g/mol. The molecule has 4 N–H and O–H groups in total. The van der Waals surface area contributed by atoms with Gasteiger partial charge in [0.15, 0.2) is 10.8 Å². The predicted octanol–water partition coefficient (Wildman–Crippen LogP) is 10.0. The summed E-state index contributed by atoms with van der Waals surface area (Å²) < 4.78 is 11.0. The van der Waals surface area contributed by atoms with Gasteiger partial charge in [-0.15, -0.1) is 0 Å². The molecule has 1 saturated carbocycles. The van der Waals surface area contributed by atoms with E-state index in [9.17, 15) is 39.6 Å². The van der Waals surface area contributed by atoms with Crippen molar-refractivity contribution < 1.29 is 48.7 Å². The molecule has 16 heteroatoms. The van der Waals surface area contributed by atoms with Gasteiger partial charge in [-0.05, 0) is 110 Å². The third-order valence-electron chi connectivity index (χ3n) is 14.3. The van der Waals surface area contributed by atoms with Gasteiger partial charge in [-0.3, -0.25) is 29.0 Å². The number of hydrogen-bond donors (Lipinski definition) is 4. The molecule has 3 fully saturated rings. The van der Waals surface area contributed by atoms with Crippen LogP contribution in [-0.2, 0) is 32.3 Å². The molecule has 2 aromatic heterocycles. The quantitative estimate of drug-likeness (QED) is 0.0742. The third-order valence-corrected chi connectivity index (χ3v) is 14.3. The molecule has 0 unspecified atom stereocenters. The third kappa shape index (κ3) is 10.9. The number of piperidine rings is 2. The number of carbonyl (C=O) groups is 4. The van der Waals surface area contributed by atoms with Gasteiger partial charge in [0.25, 0.3) is 11.8 Å². The largest absolute Gasteiger partial charge is 0.480 e. The van der Waals surface area contributed by atoms with Gasteiger partial charge in [0, 0.05) is 48.4 Å². The lowest BCUT2D eigenvalue weighted by Gasteiger charge is -2.37. The molecule has 7 aromatic rings. The Morgan fingerprint density at radius 3 is 1.29 bits per heavy atom. The fourth-order valence-corrected chi connectivity index (χ4v) is 10.2. The zero-order valence-electron chi connectivity index (χ0n) is 39.7. The first-order valence-electron chi connectivity index (χ1n) is 24.4. The van der Waals surface area contributed by atoms with Gasteiger partial charge in [-0.1, -0.05) is 133 Å². The summed E-state index contributed by atoms with van der Waals surface area (Å²) in [6, 6.07) is 41.8. The second-order valence-electron chi connectivity index (χ2n) is 19.2. The van der Waals surface area contributed by atoms with Crippen LogP contribution in [0, 0.1) is 10.8 Å². The maximum Gasteiger partial charge on any atom is 0.322 e. The van der Waals surface area contributed by atoms with Crippen molar-refractivity contribution in [1.82, 2.24) is 30.1 Å². The lowest BCUT2D eigenvalue weighted by atomic mass is 9.80. The summed E-state index contributed by atoms with van der Waals surface area (Å²) in [4.78, 5) is 59.6. The van der Waals surface area contributed by atoms with E-state index in [1.54, 1.807) is 0 Å². The normalized spacial score (nSPS) is 17.1. The zero-order valence-corrected chi connectivity index (χ0v) is 39.7. The van der Waals surface area contributed by atoms with E-state index in [4.69, 9.17) is 9.05 Å². The van der Waals surface area contributed by atoms with Crippen molar-refractivity contribution in [2.75, 3.05) is 26.2 Å². The Morgan fingerprint density at radius 1 is 0.472 bits per heavy atom. The Balaban J connectivity index is 0.000000178. The summed E-state index contributed by atoms with van der Waals surface area (Å²) >= 11 is 0. The molecule has 0 amide bonds. The average molecular weight is 973 g/mol. The molecule has 1 aliphatic carbocycles. The van der Waals surface area contributed by atoms with Crippen molar-refractivity contribution >= 4 is 23.9 Å². The highest BCUT2D eigenvalue weighted by Gasteiger charge is 2.50. The van der Waals surface area contributed by atoms with Crippen LogP contribution in [0.5, 0.6) is 0 Å². The molecule has 2 saturated heterocycles. The molecule has 5 aromatic carbocycles. The molecule has 0 atom stereocenters. The van der Waals surface area contributed by atoms with Crippen molar-refractivity contribution in [3.8, 4) is 56.8 Å². The molecule has 3 aliphatic rings. The van der Waals surface area contributed by atoms with E-state index in [1.165, 1.54) is 37.7 Å². The zero-order chi connectivity index (χ0) is 50.2. The molecular formula is C56H56N6O10. The van der Waals surface area contributed by atoms with Crippen molar-refractivity contribution in [3.63, 3.8) is 0 Å². The maximum atomic E-state index is 11.7. The first kappa shape index (κ1) is 49.2. The number of benzene rings is 5. The first-order valence-corrected chi connectivity index (χ1v) is 24.4. The summed E-state index contributed by atoms with van der Waals surface area (Å²) in [5.74, 6) is -2.57. The molecule has 0 spiro atoms. The highest BCUT2D eigenvalue weighted by Crippen LogP contribution is 2.36. The average Bonchev–Trinajstić information content (AvgIpc) is 4.12. The highest BCUT2D eigenvalue weighted by atomic mass is 16.5. The SMILES string of the molecule is O=C(O)C1(C(=O)O)CCCN(Cc2ccc(-c3noc(-c4ccc(-c5ccccc5)cc4)n3)cc2)C1.O=C(O)C1(C(=O)O)CCCN(Cc2ccc(-c3noc(-c4ccc(C5CCCCC5)cc4)n3)cc2)C1. The van der Waals surface area contributed by atoms with Gasteiger partial charge in [0.05, 0.1) is 0 Å². The Kier molecular flexibility index (Phi) is 14.8. The van der Waals surface area contributed by atoms with Crippen molar-refractivity contribution in [3.05, 3.63) is 144 Å². The smallest absolute Gasteiger partial charge is 0.322 e. The minimum atomic E-state index is -1.75. The monoisotopic (exact) mass is 972 g/mol. The van der Waals surface area contributed by atoms with Gasteiger partial charge in [-0.2, -0.15) is 9.97 Å². The van der Waals surface area contributed by atoms with Crippen LogP contribution in [0.25, 0.3) is 56.8 Å². The lowest BCUT2D eigenvalue weighted by molar-refractivity contribution is -0.171. The van der Waals surface area contributed by atoms with E-state index >= 15 is 0 Å². The minimum Gasteiger partial charge on any atom is -0.480 e. The van der Waals surface area contributed by atoms with Crippen LogP contribution in [0.2, 0.25) is 0 Å². The Hall–Kier alpha value is -7.82. The molecule has 16 nitrogen and oxygen atoms in total. The predicted molar refractivity (Wildman–Crippen MR) is 266 cm³/mol. The van der Waals surface area contributed by atoms with Crippen LogP contribution in [0.15, 0.2) is 136 Å². The van der Waals surface area contributed by atoms with Crippen LogP contribution < -0.4 is 0 Å². The van der Waals surface area contributed by atoms with E-state index in [0.29, 0.717) is 68.4 Å². The lowest BCUT2D eigenvalue weighted by Crippen LogP contribution is -2.52. The van der Waals surface area contributed by atoms with Crippen molar-refractivity contribution in [2.45, 2.75) is 76.8 Å². The standard InChI is InChI=1S/C28H31N3O5.C28H25N3O5/c2*32-26(33)28(27(34)35)15-4-16-31(18-28)17-19-7-9-22(10-8-19)24-29-25(36-30-24)23-13-11-21(12-14-23)20-5-2-1-3-6-20/h7-14,20H,1-6,15-18H2,(H,32,33)(H,34,35);1-3,5-14H,4,15-18H2,(H,32,33)(H,34,35). The van der Waals surface area contributed by atoms with Crippen LogP contribution in [0.1, 0.15) is 80.4 Å². The summed E-state index contributed by atoms with van der Waals surface area (Å²) in [7, 11) is 0. The van der Waals surface area contributed by atoms with Gasteiger partial charge in [0.1, 0.15) is 0 Å². The second-order valence-corrected chi connectivity index (χ2v) is 19.2. The fourth-order valence-electron chi connectivity index (χ4n) is 10.2. The van der Waals surface area contributed by atoms with E-state index in [2.05, 4.69) is 56.7 Å². The number of hydrogen-bond acceptors (Lipinski definition) is 12. The van der Waals surface area contributed by atoms with Gasteiger partial charge in [0.2, 0.25) is 11.6 Å². The number of likely N-dealkylation sites (tertiary alicyclic amines) is 2. The van der Waals surface area contributed by atoms with Crippen LogP contribution in [-0.4, -0.2) is 101 Å². The maximum absolute atomic E-state index is 11.7. The molecule has 370 valence electrons. The van der Waals surface area contributed by atoms with Gasteiger partial charge in [-0.25, -0.2) is 0 Å². The van der Waals surface area contributed by atoms with E-state index in [-0.39, 0.29) is 25.9 Å². The summed E-state index contributed by atoms with van der Waals surface area (Å²) in [5, 5.41) is 46.4. The molecule has 0 bridgehead atoms. The van der Waals surface area contributed by atoms with E-state index in [1.807, 2.05) is 101 Å². The summed E-state index contributed by atoms with van der Waals surface area (Å²) in [6.07, 6.45) is 7.82. The van der Waals surface area contributed by atoms with Gasteiger partial charge >= 0.3 is 23.9 Å². The van der Waals surface area contributed by atoms with E-state index < -0.39 is 34.7 Å². The van der Waals surface area contributed by atoms with Crippen LogP contribution in [0.3, 0.4) is 0 Å². The number of aliphatic carboxylic acids is 4. The number of nitrogens with zero attached hydrogens (tertiary/aromatic N) is 6. The van der Waals surface area contributed by atoms with Crippen molar-refractivity contribution in [2.24, 2.45) is 10.8 Å². The number of carboxylic acids is 4. The fraction of sp³-hybridized carbons (Fsp3) is 0.321. The highest BCUT2D eigenvalue weighted by molar-refractivity contribution is 5.99. The van der Waals surface area contributed by atoms with E-state index in [0.717, 1.165) is 44.5 Å². The molecule has 10 rings (SSSR count). The Bertz CT molecular complexity index is 2960. The number of carboxylic acid groups (broad SMARTS) is 4. The Morgan fingerprint density at radius 2 is 0.861 bits per heavy atom. The first-order chi connectivity index (χ1) is 34.9. The minimum absolute atomic E-state index is 0.00679. The van der Waals surface area contributed by atoms with Gasteiger partial charge < -0.3 is 29.5 Å².